The van der Waals surface area contributed by atoms with Crippen LogP contribution >= 0.6 is 0 Å². The lowest BCUT2D eigenvalue weighted by Crippen LogP contribution is -2.54. The van der Waals surface area contributed by atoms with Gasteiger partial charge in [0.25, 0.3) is 0 Å². The molecule has 2 atom stereocenters. The molecule has 1 aliphatic rings. The van der Waals surface area contributed by atoms with Crippen LogP contribution in [0.1, 0.15) is 25.5 Å². The summed E-state index contributed by atoms with van der Waals surface area (Å²) in [5, 5.41) is 6.03. The highest BCUT2D eigenvalue weighted by atomic mass is 16.2. The molecule has 0 radical (unpaired) electrons. The molecule has 98 valence electrons. The fourth-order valence-electron chi connectivity index (χ4n) is 2.09. The third-order valence-electron chi connectivity index (χ3n) is 3.50. The average molecular weight is 248 g/mol. The van der Waals surface area contributed by atoms with E-state index in [9.17, 15) is 4.79 Å². The third kappa shape index (κ3) is 2.46. The summed E-state index contributed by atoms with van der Waals surface area (Å²) in [5.41, 5.74) is 1.15. The van der Waals surface area contributed by atoms with Crippen molar-refractivity contribution in [2.45, 2.75) is 25.9 Å². The van der Waals surface area contributed by atoms with Crippen LogP contribution in [0.2, 0.25) is 0 Å². The van der Waals surface area contributed by atoms with Crippen molar-refractivity contribution in [1.29, 1.82) is 0 Å². The Morgan fingerprint density at radius 1 is 1.56 bits per heavy atom. The van der Waals surface area contributed by atoms with Crippen LogP contribution in [0.15, 0.2) is 18.3 Å². The first-order valence-corrected chi connectivity index (χ1v) is 6.31. The first-order chi connectivity index (χ1) is 8.63. The van der Waals surface area contributed by atoms with E-state index in [2.05, 4.69) is 28.6 Å². The topological polar surface area (TPSA) is 57.3 Å². The van der Waals surface area contributed by atoms with Gasteiger partial charge in [-0.2, -0.15) is 0 Å². The second-order valence-corrected chi connectivity index (χ2v) is 4.62. The van der Waals surface area contributed by atoms with E-state index in [0.29, 0.717) is 6.54 Å². The molecule has 0 spiro atoms. The van der Waals surface area contributed by atoms with Crippen LogP contribution in [0.3, 0.4) is 0 Å². The standard InChI is InChI=1S/C13H20N4O/c1-9(14-3)11-4-5-12(16-8-11)17-7-6-15-13(18)10(17)2/h4-5,8-10,14H,6-7H2,1-3H3,(H,15,18). The second-order valence-electron chi connectivity index (χ2n) is 4.62. The van der Waals surface area contributed by atoms with E-state index in [1.165, 1.54) is 0 Å². The zero-order chi connectivity index (χ0) is 13.1. The van der Waals surface area contributed by atoms with E-state index in [1.807, 2.05) is 31.1 Å². The van der Waals surface area contributed by atoms with Gasteiger partial charge in [-0.05, 0) is 32.5 Å². The molecular formula is C13H20N4O. The van der Waals surface area contributed by atoms with Gasteiger partial charge in [-0.1, -0.05) is 6.07 Å². The SMILES string of the molecule is CNC(C)c1ccc(N2CCNC(=O)C2C)nc1. The van der Waals surface area contributed by atoms with E-state index < -0.39 is 0 Å². The van der Waals surface area contributed by atoms with Crippen molar-refractivity contribution in [3.05, 3.63) is 23.9 Å². The Morgan fingerprint density at radius 2 is 2.33 bits per heavy atom. The molecule has 5 heteroatoms. The molecule has 0 aliphatic carbocycles. The van der Waals surface area contributed by atoms with Crippen LogP contribution in [0.5, 0.6) is 0 Å². The molecule has 0 bridgehead atoms. The maximum atomic E-state index is 11.6. The smallest absolute Gasteiger partial charge is 0.242 e. The Hall–Kier alpha value is -1.62. The van der Waals surface area contributed by atoms with E-state index >= 15 is 0 Å². The number of nitrogens with one attached hydrogen (secondary N) is 2. The number of hydrogen-bond donors (Lipinski definition) is 2. The summed E-state index contributed by atoms with van der Waals surface area (Å²) in [6, 6.07) is 4.17. The Balaban J connectivity index is 2.16. The van der Waals surface area contributed by atoms with E-state index in [1.54, 1.807) is 0 Å². The lowest BCUT2D eigenvalue weighted by atomic mass is 10.1. The monoisotopic (exact) mass is 248 g/mol. The summed E-state index contributed by atoms with van der Waals surface area (Å²) in [6.07, 6.45) is 1.87. The van der Waals surface area contributed by atoms with Gasteiger partial charge in [0.2, 0.25) is 5.91 Å². The maximum Gasteiger partial charge on any atom is 0.242 e. The minimum Gasteiger partial charge on any atom is -0.353 e. The Morgan fingerprint density at radius 3 is 2.94 bits per heavy atom. The van der Waals surface area contributed by atoms with Gasteiger partial charge in [-0.25, -0.2) is 4.98 Å². The van der Waals surface area contributed by atoms with E-state index in [0.717, 1.165) is 17.9 Å². The summed E-state index contributed by atoms with van der Waals surface area (Å²) < 4.78 is 0. The lowest BCUT2D eigenvalue weighted by molar-refractivity contribution is -0.122. The molecular weight excluding hydrogens is 228 g/mol. The molecule has 2 heterocycles. The number of hydrogen-bond acceptors (Lipinski definition) is 4. The van der Waals surface area contributed by atoms with Gasteiger partial charge in [0.05, 0.1) is 0 Å². The van der Waals surface area contributed by atoms with Gasteiger partial charge in [0, 0.05) is 25.3 Å². The molecule has 1 aromatic rings. The van der Waals surface area contributed by atoms with Gasteiger partial charge < -0.3 is 15.5 Å². The number of amides is 1. The molecule has 5 nitrogen and oxygen atoms in total. The number of aromatic nitrogens is 1. The van der Waals surface area contributed by atoms with Crippen LogP contribution in [0.25, 0.3) is 0 Å². The van der Waals surface area contributed by atoms with Gasteiger partial charge >= 0.3 is 0 Å². The fraction of sp³-hybridized carbons (Fsp3) is 0.538. The highest BCUT2D eigenvalue weighted by molar-refractivity contribution is 5.85. The zero-order valence-corrected chi connectivity index (χ0v) is 11.1. The first kappa shape index (κ1) is 12.8. The predicted octanol–water partition coefficient (Wildman–Crippen LogP) is 0.687. The quantitative estimate of drug-likeness (QED) is 0.826. The minimum absolute atomic E-state index is 0.0655. The summed E-state index contributed by atoms with van der Waals surface area (Å²) in [4.78, 5) is 18.1. The molecule has 1 aliphatic heterocycles. The molecule has 2 rings (SSSR count). The van der Waals surface area contributed by atoms with Crippen LogP contribution in [-0.4, -0.2) is 37.1 Å². The number of pyridine rings is 1. The predicted molar refractivity (Wildman–Crippen MR) is 71.5 cm³/mol. The van der Waals surface area contributed by atoms with Gasteiger partial charge in [-0.3, -0.25) is 4.79 Å². The maximum absolute atomic E-state index is 11.6. The summed E-state index contributed by atoms with van der Waals surface area (Å²) in [7, 11) is 1.93. The summed E-state index contributed by atoms with van der Waals surface area (Å²) >= 11 is 0. The molecule has 2 unspecified atom stereocenters. The molecule has 1 aromatic heterocycles. The van der Waals surface area contributed by atoms with Crippen molar-refractivity contribution in [3.8, 4) is 0 Å². The highest BCUT2D eigenvalue weighted by Crippen LogP contribution is 2.18. The molecule has 0 aromatic carbocycles. The minimum atomic E-state index is -0.154. The summed E-state index contributed by atoms with van der Waals surface area (Å²) in [5.74, 6) is 0.931. The van der Waals surface area contributed by atoms with Crippen molar-refractivity contribution in [3.63, 3.8) is 0 Å². The van der Waals surface area contributed by atoms with Crippen molar-refractivity contribution in [1.82, 2.24) is 15.6 Å². The van der Waals surface area contributed by atoms with Gasteiger partial charge in [-0.15, -0.1) is 0 Å². The van der Waals surface area contributed by atoms with Gasteiger partial charge in [0.15, 0.2) is 0 Å². The fourth-order valence-corrected chi connectivity index (χ4v) is 2.09. The summed E-state index contributed by atoms with van der Waals surface area (Å²) in [6.45, 7) is 5.48. The highest BCUT2D eigenvalue weighted by Gasteiger charge is 2.26. The van der Waals surface area contributed by atoms with Gasteiger partial charge in [0.1, 0.15) is 11.9 Å². The van der Waals surface area contributed by atoms with Crippen molar-refractivity contribution in [2.75, 3.05) is 25.0 Å². The average Bonchev–Trinajstić information content (AvgIpc) is 2.41. The van der Waals surface area contributed by atoms with Crippen molar-refractivity contribution in [2.24, 2.45) is 0 Å². The number of nitrogens with zero attached hydrogens (tertiary/aromatic N) is 2. The Labute approximate surface area is 108 Å². The molecule has 18 heavy (non-hydrogen) atoms. The number of carbonyl (C=O) groups is 1. The van der Waals surface area contributed by atoms with Crippen LogP contribution in [0.4, 0.5) is 5.82 Å². The first-order valence-electron chi connectivity index (χ1n) is 6.31. The van der Waals surface area contributed by atoms with Crippen LogP contribution < -0.4 is 15.5 Å². The van der Waals surface area contributed by atoms with E-state index in [-0.39, 0.29) is 18.0 Å². The third-order valence-corrected chi connectivity index (χ3v) is 3.50. The number of anilines is 1. The normalized spacial score (nSPS) is 21.6. The largest absolute Gasteiger partial charge is 0.353 e. The van der Waals surface area contributed by atoms with E-state index in [4.69, 9.17) is 0 Å². The molecule has 0 saturated carbocycles. The van der Waals surface area contributed by atoms with Crippen molar-refractivity contribution < 1.29 is 4.79 Å². The Kier molecular flexibility index (Phi) is 3.81. The second kappa shape index (κ2) is 5.35. The van der Waals surface area contributed by atoms with Crippen LogP contribution in [-0.2, 0) is 4.79 Å². The zero-order valence-electron chi connectivity index (χ0n) is 11.1. The molecule has 1 amide bonds. The van der Waals surface area contributed by atoms with Crippen molar-refractivity contribution >= 4 is 11.7 Å². The number of piperazine rings is 1. The number of carbonyl (C=O) groups excluding carboxylic acids is 1. The molecule has 1 saturated heterocycles. The number of rotatable bonds is 3. The Bertz CT molecular complexity index is 418. The van der Waals surface area contributed by atoms with Crippen LogP contribution in [0, 0.1) is 0 Å². The molecule has 1 fully saturated rings. The molecule has 2 N–H and O–H groups in total. The lowest BCUT2D eigenvalue weighted by Gasteiger charge is -2.33.